The first-order valence-electron chi connectivity index (χ1n) is 4.54. The van der Waals surface area contributed by atoms with E-state index in [2.05, 4.69) is 15.9 Å². The van der Waals surface area contributed by atoms with Gasteiger partial charge >= 0.3 is 0 Å². The lowest BCUT2D eigenvalue weighted by molar-refractivity contribution is -0.0168. The number of rotatable bonds is 2. The number of fused-ring (bicyclic) bond motifs is 1. The molecule has 1 heterocycles. The second kappa shape index (κ2) is 4.29. The summed E-state index contributed by atoms with van der Waals surface area (Å²) in [5.41, 5.74) is 7.88. The lowest BCUT2D eigenvalue weighted by Crippen LogP contribution is -2.15. The van der Waals surface area contributed by atoms with Gasteiger partial charge in [0.25, 0.3) is 0 Å². The Morgan fingerprint density at radius 1 is 1.43 bits per heavy atom. The van der Waals surface area contributed by atoms with E-state index in [9.17, 15) is 0 Å². The highest BCUT2D eigenvalue weighted by atomic mass is 79.9. The number of ether oxygens (including phenoxy) is 2. The van der Waals surface area contributed by atoms with Crippen LogP contribution in [0.2, 0.25) is 0 Å². The van der Waals surface area contributed by atoms with Crippen molar-refractivity contribution < 1.29 is 9.47 Å². The smallest absolute Gasteiger partial charge is 0.189 e. The topological polar surface area (TPSA) is 44.5 Å². The Kier molecular flexibility index (Phi) is 3.05. The van der Waals surface area contributed by atoms with Crippen molar-refractivity contribution in [3.8, 4) is 5.75 Å². The molecule has 0 radical (unpaired) electrons. The molecule has 0 saturated heterocycles. The van der Waals surface area contributed by atoms with Crippen LogP contribution in [0.5, 0.6) is 5.75 Å². The van der Waals surface area contributed by atoms with Gasteiger partial charge in [-0.1, -0.05) is 15.9 Å². The third-order valence-electron chi connectivity index (χ3n) is 2.27. The minimum atomic E-state index is 0.344. The van der Waals surface area contributed by atoms with Crippen LogP contribution in [0.4, 0.5) is 0 Å². The maximum atomic E-state index is 5.56. The van der Waals surface area contributed by atoms with Crippen LogP contribution >= 0.6 is 15.9 Å². The molecule has 1 aliphatic rings. The summed E-state index contributed by atoms with van der Waals surface area (Å²) in [6.45, 7) is 1.59. The summed E-state index contributed by atoms with van der Waals surface area (Å²) in [5, 5.41) is 0. The molecule has 1 aliphatic heterocycles. The van der Waals surface area contributed by atoms with Crippen LogP contribution in [0, 0.1) is 0 Å². The molecule has 0 unspecified atom stereocenters. The first-order valence-corrected chi connectivity index (χ1v) is 5.33. The molecule has 2 N–H and O–H groups in total. The number of halogens is 1. The van der Waals surface area contributed by atoms with Crippen molar-refractivity contribution in [1.29, 1.82) is 0 Å². The van der Waals surface area contributed by atoms with Gasteiger partial charge in [-0.2, -0.15) is 0 Å². The molecule has 76 valence electrons. The third kappa shape index (κ3) is 1.78. The molecule has 1 aromatic rings. The maximum absolute atomic E-state index is 5.56. The van der Waals surface area contributed by atoms with E-state index in [4.69, 9.17) is 15.2 Å². The molecule has 0 spiro atoms. The average Bonchev–Trinajstić information content (AvgIpc) is 2.23. The fraction of sp³-hybridized carbons (Fsp3) is 0.400. The van der Waals surface area contributed by atoms with Crippen molar-refractivity contribution in [3.63, 3.8) is 0 Å². The van der Waals surface area contributed by atoms with Crippen LogP contribution in [0.1, 0.15) is 11.1 Å². The van der Waals surface area contributed by atoms with Gasteiger partial charge in [0.05, 0.1) is 6.61 Å². The van der Waals surface area contributed by atoms with Crippen molar-refractivity contribution in [2.24, 2.45) is 5.73 Å². The van der Waals surface area contributed by atoms with Crippen molar-refractivity contribution in [2.45, 2.75) is 13.0 Å². The van der Waals surface area contributed by atoms with Gasteiger partial charge in [0.1, 0.15) is 5.75 Å². The van der Waals surface area contributed by atoms with E-state index >= 15 is 0 Å². The molecular weight excluding hydrogens is 246 g/mol. The molecule has 0 aliphatic carbocycles. The fourth-order valence-corrected chi connectivity index (χ4v) is 2.17. The van der Waals surface area contributed by atoms with Crippen LogP contribution < -0.4 is 10.5 Å². The number of hydrogen-bond donors (Lipinski definition) is 1. The number of hydrogen-bond acceptors (Lipinski definition) is 3. The minimum absolute atomic E-state index is 0.344. The van der Waals surface area contributed by atoms with Crippen molar-refractivity contribution in [1.82, 2.24) is 0 Å². The molecule has 3 nitrogen and oxygen atoms in total. The Hall–Kier alpha value is -0.580. The molecule has 0 saturated carbocycles. The van der Waals surface area contributed by atoms with Gasteiger partial charge in [0, 0.05) is 10.0 Å². The molecule has 0 bridgehead atoms. The number of benzene rings is 1. The summed E-state index contributed by atoms with van der Waals surface area (Å²) in [7, 11) is 0. The second-order valence-corrected chi connectivity index (χ2v) is 4.01. The van der Waals surface area contributed by atoms with Gasteiger partial charge in [0.15, 0.2) is 6.79 Å². The summed E-state index contributed by atoms with van der Waals surface area (Å²) in [5.74, 6) is 0.919. The quantitative estimate of drug-likeness (QED) is 0.879. The predicted molar refractivity (Wildman–Crippen MR) is 57.2 cm³/mol. The highest BCUT2D eigenvalue weighted by molar-refractivity contribution is 9.10. The largest absolute Gasteiger partial charge is 0.467 e. The monoisotopic (exact) mass is 257 g/mol. The van der Waals surface area contributed by atoms with Crippen molar-refractivity contribution >= 4 is 15.9 Å². The lowest BCUT2D eigenvalue weighted by Gasteiger charge is -2.21. The SMILES string of the molecule is NCCc1c(Br)ccc2c1COCO2. The van der Waals surface area contributed by atoms with Gasteiger partial charge < -0.3 is 15.2 Å². The van der Waals surface area contributed by atoms with Crippen LogP contribution in [-0.4, -0.2) is 13.3 Å². The zero-order valence-electron chi connectivity index (χ0n) is 7.75. The molecular formula is C10H12BrNO2. The molecule has 14 heavy (non-hydrogen) atoms. The highest BCUT2D eigenvalue weighted by Gasteiger charge is 2.16. The van der Waals surface area contributed by atoms with Crippen molar-refractivity contribution in [2.75, 3.05) is 13.3 Å². The molecule has 0 fully saturated rings. The predicted octanol–water partition coefficient (Wildman–Crippen LogP) is 1.82. The second-order valence-electron chi connectivity index (χ2n) is 3.15. The van der Waals surface area contributed by atoms with E-state index in [0.29, 0.717) is 19.9 Å². The normalized spacial score (nSPS) is 14.7. The summed E-state index contributed by atoms with van der Waals surface area (Å²) >= 11 is 3.51. The van der Waals surface area contributed by atoms with Gasteiger partial charge in [-0.25, -0.2) is 0 Å². The Balaban J connectivity index is 2.43. The van der Waals surface area contributed by atoms with E-state index in [-0.39, 0.29) is 0 Å². The maximum Gasteiger partial charge on any atom is 0.189 e. The molecule has 0 atom stereocenters. The van der Waals surface area contributed by atoms with Crippen molar-refractivity contribution in [3.05, 3.63) is 27.7 Å². The summed E-state index contributed by atoms with van der Waals surface area (Å²) < 4.78 is 11.7. The van der Waals surface area contributed by atoms with Gasteiger partial charge in [-0.3, -0.25) is 0 Å². The Morgan fingerprint density at radius 2 is 2.29 bits per heavy atom. The van der Waals surface area contributed by atoms with Gasteiger partial charge in [-0.05, 0) is 30.7 Å². The Morgan fingerprint density at radius 3 is 3.07 bits per heavy atom. The molecule has 0 amide bonds. The van der Waals surface area contributed by atoms with E-state index in [1.54, 1.807) is 0 Å². The average molecular weight is 258 g/mol. The number of nitrogens with two attached hydrogens (primary N) is 1. The first-order chi connectivity index (χ1) is 6.83. The minimum Gasteiger partial charge on any atom is -0.467 e. The fourth-order valence-electron chi connectivity index (χ4n) is 1.60. The zero-order valence-corrected chi connectivity index (χ0v) is 9.34. The van der Waals surface area contributed by atoms with E-state index in [1.165, 1.54) is 5.56 Å². The zero-order chi connectivity index (χ0) is 9.97. The van der Waals surface area contributed by atoms with Crippen LogP contribution in [0.15, 0.2) is 16.6 Å². The lowest BCUT2D eigenvalue weighted by atomic mass is 10.0. The standard InChI is InChI=1S/C10H12BrNO2/c11-9-1-2-10-8(5-13-6-14-10)7(9)3-4-12/h1-2H,3-6,12H2. The molecule has 2 rings (SSSR count). The Labute approximate surface area is 91.3 Å². The molecule has 1 aromatic carbocycles. The van der Waals surface area contributed by atoms with E-state index in [0.717, 1.165) is 22.2 Å². The van der Waals surface area contributed by atoms with Crippen LogP contribution in [0.25, 0.3) is 0 Å². The van der Waals surface area contributed by atoms with Crippen LogP contribution in [0.3, 0.4) is 0 Å². The van der Waals surface area contributed by atoms with Gasteiger partial charge in [0.2, 0.25) is 0 Å². The third-order valence-corrected chi connectivity index (χ3v) is 3.01. The summed E-state index contributed by atoms with van der Waals surface area (Å²) in [6.07, 6.45) is 0.844. The Bertz CT molecular complexity index is 341. The molecule has 4 heteroatoms. The van der Waals surface area contributed by atoms with Crippen LogP contribution in [-0.2, 0) is 17.8 Å². The van der Waals surface area contributed by atoms with E-state index < -0.39 is 0 Å². The first kappa shape index (κ1) is 9.96. The summed E-state index contributed by atoms with van der Waals surface area (Å²) in [6, 6.07) is 3.96. The van der Waals surface area contributed by atoms with Gasteiger partial charge in [-0.15, -0.1) is 0 Å². The van der Waals surface area contributed by atoms with E-state index in [1.807, 2.05) is 12.1 Å². The molecule has 0 aromatic heterocycles. The highest BCUT2D eigenvalue weighted by Crippen LogP contribution is 2.32. The summed E-state index contributed by atoms with van der Waals surface area (Å²) in [4.78, 5) is 0.